The van der Waals surface area contributed by atoms with E-state index in [1.807, 2.05) is 19.9 Å². The number of terminal acetylenes is 1. The molecule has 4 aliphatic carbocycles. The molecular weight excluding hydrogens is 280 g/mol. The van der Waals surface area contributed by atoms with Gasteiger partial charge in [-0.15, -0.1) is 12.3 Å². The minimum atomic E-state index is 0.318. The van der Waals surface area contributed by atoms with Gasteiger partial charge in [0.15, 0.2) is 5.78 Å². The first-order chi connectivity index (χ1) is 11.1. The zero-order chi connectivity index (χ0) is 16.6. The molecule has 0 spiro atoms. The van der Waals surface area contributed by atoms with Gasteiger partial charge in [0.2, 0.25) is 0 Å². The maximum Gasteiger partial charge on any atom is 0.155 e. The third-order valence-corrected chi connectivity index (χ3v) is 7.07. The Balaban J connectivity index is 0.000000753. The Morgan fingerprint density at radius 2 is 2.00 bits per heavy atom. The molecule has 0 heterocycles. The van der Waals surface area contributed by atoms with Crippen LogP contribution in [-0.2, 0) is 4.79 Å². The molecule has 6 atom stereocenters. The van der Waals surface area contributed by atoms with E-state index in [-0.39, 0.29) is 0 Å². The summed E-state index contributed by atoms with van der Waals surface area (Å²) in [4.78, 5) is 11.7. The van der Waals surface area contributed by atoms with Crippen molar-refractivity contribution in [1.29, 1.82) is 0 Å². The van der Waals surface area contributed by atoms with Crippen molar-refractivity contribution in [2.45, 2.75) is 59.3 Å². The lowest BCUT2D eigenvalue weighted by Crippen LogP contribution is -2.44. The topological polar surface area (TPSA) is 17.1 Å². The fourth-order valence-corrected chi connectivity index (χ4v) is 5.93. The second kappa shape index (κ2) is 6.31. The van der Waals surface area contributed by atoms with Crippen LogP contribution in [-0.4, -0.2) is 5.78 Å². The van der Waals surface area contributed by atoms with E-state index in [2.05, 4.69) is 25.0 Å². The second-order valence-electron chi connectivity index (χ2n) is 7.80. The Bertz CT molecular complexity index is 575. The van der Waals surface area contributed by atoms with Gasteiger partial charge >= 0.3 is 0 Å². The average molecular weight is 310 g/mol. The molecule has 0 radical (unpaired) electrons. The van der Waals surface area contributed by atoms with Crippen LogP contribution in [0.3, 0.4) is 0 Å². The molecule has 2 fully saturated rings. The van der Waals surface area contributed by atoms with Crippen molar-refractivity contribution in [3.8, 4) is 12.3 Å². The molecule has 2 saturated carbocycles. The van der Waals surface area contributed by atoms with E-state index in [1.54, 1.807) is 0 Å². The molecule has 0 amide bonds. The van der Waals surface area contributed by atoms with E-state index in [0.717, 1.165) is 24.7 Å². The van der Waals surface area contributed by atoms with Gasteiger partial charge in [-0.1, -0.05) is 32.9 Å². The van der Waals surface area contributed by atoms with Crippen LogP contribution in [0.5, 0.6) is 0 Å². The smallest absolute Gasteiger partial charge is 0.155 e. The molecule has 1 heteroatoms. The number of fused-ring (bicyclic) bond motifs is 5. The van der Waals surface area contributed by atoms with Gasteiger partial charge in [0.05, 0.1) is 0 Å². The quantitative estimate of drug-likeness (QED) is 0.563. The number of hydrogen-bond acceptors (Lipinski definition) is 1. The largest absolute Gasteiger partial charge is 0.295 e. The van der Waals surface area contributed by atoms with Crippen LogP contribution in [0.15, 0.2) is 23.8 Å². The highest BCUT2D eigenvalue weighted by atomic mass is 16.1. The molecule has 4 aliphatic rings. The van der Waals surface area contributed by atoms with Gasteiger partial charge in [0.1, 0.15) is 0 Å². The maximum atomic E-state index is 11.7. The van der Waals surface area contributed by atoms with Crippen LogP contribution in [0, 0.1) is 47.3 Å². The molecule has 124 valence electrons. The molecule has 6 unspecified atom stereocenters. The minimum Gasteiger partial charge on any atom is -0.295 e. The Kier molecular flexibility index (Phi) is 4.54. The van der Waals surface area contributed by atoms with Gasteiger partial charge in [0.25, 0.3) is 0 Å². The summed E-state index contributed by atoms with van der Waals surface area (Å²) in [7, 11) is 0. The maximum absolute atomic E-state index is 11.7. The molecule has 0 aliphatic heterocycles. The molecular formula is C22H30O. The Labute approximate surface area is 141 Å². The predicted molar refractivity (Wildman–Crippen MR) is 95.7 cm³/mol. The Morgan fingerprint density at radius 1 is 1.22 bits per heavy atom. The molecule has 1 nitrogen and oxygen atoms in total. The van der Waals surface area contributed by atoms with Crippen molar-refractivity contribution in [2.75, 3.05) is 0 Å². The van der Waals surface area contributed by atoms with Crippen LogP contribution in [0.25, 0.3) is 0 Å². The summed E-state index contributed by atoms with van der Waals surface area (Å²) in [6.45, 7) is 6.44. The van der Waals surface area contributed by atoms with Crippen LogP contribution >= 0.6 is 0 Å². The highest BCUT2D eigenvalue weighted by molar-refractivity contribution is 5.91. The fraction of sp³-hybridized carbons (Fsp3) is 0.682. The summed E-state index contributed by atoms with van der Waals surface area (Å²) in [6, 6.07) is 0. The van der Waals surface area contributed by atoms with Crippen molar-refractivity contribution < 1.29 is 4.79 Å². The summed E-state index contributed by atoms with van der Waals surface area (Å²) in [5, 5.41) is 0. The number of carbonyl (C=O) groups is 1. The van der Waals surface area contributed by atoms with Crippen molar-refractivity contribution >= 4 is 5.78 Å². The monoisotopic (exact) mass is 310 g/mol. The lowest BCUT2D eigenvalue weighted by atomic mass is 9.53. The SMILES string of the molecule is C#CC1CCC2C3C=CC4=CC(=O)CCC4C3CCC12C.CC. The molecule has 23 heavy (non-hydrogen) atoms. The second-order valence-corrected chi connectivity index (χ2v) is 7.80. The number of rotatable bonds is 0. The first kappa shape index (κ1) is 16.6. The van der Waals surface area contributed by atoms with Crippen molar-refractivity contribution in [3.05, 3.63) is 23.8 Å². The number of allylic oxidation sites excluding steroid dienone is 4. The first-order valence-electron chi connectivity index (χ1n) is 9.52. The zero-order valence-corrected chi connectivity index (χ0v) is 14.8. The predicted octanol–water partition coefficient (Wildman–Crippen LogP) is 5.18. The standard InChI is InChI=1S/C20H24O.C2H6/c1-3-14-5-9-19-18-7-4-13-12-15(21)6-8-16(13)17(18)10-11-20(14,19)2;1-2/h1,4,7,12,14,16-19H,5-6,8-11H2,2H3;1-2H3. The van der Waals surface area contributed by atoms with Gasteiger partial charge in [-0.05, 0) is 72.8 Å². The van der Waals surface area contributed by atoms with Crippen LogP contribution in [0.4, 0.5) is 0 Å². The summed E-state index contributed by atoms with van der Waals surface area (Å²) >= 11 is 0. The highest BCUT2D eigenvalue weighted by Gasteiger charge is 2.54. The van der Waals surface area contributed by atoms with Gasteiger partial charge in [-0.25, -0.2) is 0 Å². The van der Waals surface area contributed by atoms with Crippen LogP contribution in [0.1, 0.15) is 59.3 Å². The summed E-state index contributed by atoms with van der Waals surface area (Å²) in [6.07, 6.45) is 19.3. The average Bonchev–Trinajstić information content (AvgIpc) is 2.92. The van der Waals surface area contributed by atoms with Gasteiger partial charge in [-0.3, -0.25) is 4.79 Å². The van der Waals surface area contributed by atoms with E-state index in [0.29, 0.717) is 29.0 Å². The lowest BCUT2D eigenvalue weighted by molar-refractivity contribution is -0.115. The third kappa shape index (κ3) is 2.51. The normalized spacial score (nSPS) is 44.0. The minimum absolute atomic E-state index is 0.318. The van der Waals surface area contributed by atoms with Gasteiger partial charge < -0.3 is 0 Å². The molecule has 0 aromatic carbocycles. The van der Waals surface area contributed by atoms with E-state index >= 15 is 0 Å². The molecule has 4 rings (SSSR count). The first-order valence-corrected chi connectivity index (χ1v) is 9.52. The van der Waals surface area contributed by atoms with Crippen molar-refractivity contribution in [3.63, 3.8) is 0 Å². The zero-order valence-electron chi connectivity index (χ0n) is 14.8. The number of carbonyl (C=O) groups excluding carboxylic acids is 1. The summed E-state index contributed by atoms with van der Waals surface area (Å²) in [5.41, 5.74) is 1.66. The highest BCUT2D eigenvalue weighted by Crippen LogP contribution is 2.62. The van der Waals surface area contributed by atoms with Crippen molar-refractivity contribution in [2.24, 2.45) is 35.0 Å². The van der Waals surface area contributed by atoms with Crippen LogP contribution < -0.4 is 0 Å². The molecule has 0 bridgehead atoms. The summed E-state index contributed by atoms with van der Waals surface area (Å²) < 4.78 is 0. The number of ketones is 1. The molecule has 0 N–H and O–H groups in total. The number of hydrogen-bond donors (Lipinski definition) is 0. The Morgan fingerprint density at radius 3 is 2.74 bits per heavy atom. The molecule has 0 aromatic heterocycles. The van der Waals surface area contributed by atoms with Gasteiger partial charge in [-0.2, -0.15) is 0 Å². The lowest BCUT2D eigenvalue weighted by Gasteiger charge is -2.51. The van der Waals surface area contributed by atoms with Gasteiger partial charge in [0, 0.05) is 12.3 Å². The van der Waals surface area contributed by atoms with E-state index in [4.69, 9.17) is 6.42 Å². The Hall–Kier alpha value is -1.29. The van der Waals surface area contributed by atoms with Crippen LogP contribution in [0.2, 0.25) is 0 Å². The molecule has 0 saturated heterocycles. The van der Waals surface area contributed by atoms with E-state index < -0.39 is 0 Å². The fourth-order valence-electron chi connectivity index (χ4n) is 5.93. The van der Waals surface area contributed by atoms with E-state index in [1.165, 1.54) is 31.3 Å². The molecule has 0 aromatic rings. The summed E-state index contributed by atoms with van der Waals surface area (Å²) in [5.74, 6) is 6.71. The van der Waals surface area contributed by atoms with Crippen molar-refractivity contribution in [1.82, 2.24) is 0 Å². The van der Waals surface area contributed by atoms with E-state index in [9.17, 15) is 4.79 Å². The third-order valence-electron chi connectivity index (χ3n) is 7.07.